The zero-order chi connectivity index (χ0) is 10.6. The van der Waals surface area contributed by atoms with Gasteiger partial charge in [-0.05, 0) is 0 Å². The van der Waals surface area contributed by atoms with Crippen molar-refractivity contribution in [1.82, 2.24) is 6.15 Å². The summed E-state index contributed by atoms with van der Waals surface area (Å²) in [5.41, 5.74) is -2.97. The first-order valence-corrected chi connectivity index (χ1v) is 3.11. The maximum Gasteiger partial charge on any atom is 2.00 e. The average molecular weight is 255 g/mol. The van der Waals surface area contributed by atoms with Gasteiger partial charge in [0.05, 0.1) is 5.97 Å². The molecule has 0 amide bonds. The Hall–Kier alpha value is -0.956. The van der Waals surface area contributed by atoms with Gasteiger partial charge < -0.3 is 41.0 Å². The predicted octanol–water partition coefficient (Wildman–Crippen LogP) is -4.88. The molecule has 0 fully saturated rings. The standard InChI is InChI=1S/C6H8O7.H3N.Ti/c7-3(8)1-6(13,5(11)12)2-4(9)10;;/h13H,1-2H2,(H,7,8)(H,9,10)(H,11,12);1H3;/q;;+2/p-2. The molecule has 8 nitrogen and oxygen atoms in total. The maximum absolute atomic E-state index is 10.1. The quantitative estimate of drug-likeness (QED) is 0.462. The zero-order valence-corrected chi connectivity index (χ0v) is 9.37. The van der Waals surface area contributed by atoms with Crippen LogP contribution in [0.4, 0.5) is 0 Å². The monoisotopic (exact) mass is 255 g/mol. The van der Waals surface area contributed by atoms with Crippen molar-refractivity contribution in [3.05, 3.63) is 0 Å². The molecule has 0 heterocycles. The summed E-state index contributed by atoms with van der Waals surface area (Å²) in [6.45, 7) is 0. The summed E-state index contributed by atoms with van der Waals surface area (Å²) in [5, 5.41) is 38.9. The maximum atomic E-state index is 10.1. The fourth-order valence-electron chi connectivity index (χ4n) is 0.684. The minimum atomic E-state index is -2.97. The fourth-order valence-corrected chi connectivity index (χ4v) is 0.684. The van der Waals surface area contributed by atoms with Crippen LogP contribution in [0.2, 0.25) is 0 Å². The Labute approximate surface area is 99.4 Å². The molecule has 5 N–H and O–H groups in total. The van der Waals surface area contributed by atoms with E-state index in [1.807, 2.05) is 0 Å². The summed E-state index contributed by atoms with van der Waals surface area (Å²) in [6.07, 6.45) is -2.72. The minimum absolute atomic E-state index is 0. The Bertz CT molecular complexity index is 238. The van der Waals surface area contributed by atoms with E-state index in [4.69, 9.17) is 5.11 Å². The number of rotatable bonds is 5. The third-order valence-electron chi connectivity index (χ3n) is 1.25. The Kier molecular flexibility index (Phi) is 9.60. The topological polar surface area (TPSA) is 177 Å². The molecule has 0 aromatic heterocycles. The smallest absolute Gasteiger partial charge is 0.550 e. The molecule has 0 aliphatic heterocycles. The third kappa shape index (κ3) is 7.03. The van der Waals surface area contributed by atoms with E-state index in [-0.39, 0.29) is 27.9 Å². The van der Waals surface area contributed by atoms with Gasteiger partial charge in [-0.2, -0.15) is 0 Å². The van der Waals surface area contributed by atoms with E-state index in [1.165, 1.54) is 0 Å². The van der Waals surface area contributed by atoms with Crippen LogP contribution >= 0.6 is 0 Å². The molecule has 0 unspecified atom stereocenters. The van der Waals surface area contributed by atoms with Gasteiger partial charge in [0.2, 0.25) is 0 Å². The number of hydrogen-bond acceptors (Lipinski definition) is 7. The number of carbonyl (C=O) groups excluding carboxylic acids is 3. The molecular weight excluding hydrogens is 246 g/mol. The van der Waals surface area contributed by atoms with Crippen LogP contribution in [0.3, 0.4) is 0 Å². The molecule has 0 aromatic rings. The molecule has 0 bridgehead atoms. The number of quaternary nitrogens is 1. The van der Waals surface area contributed by atoms with Gasteiger partial charge in [0.1, 0.15) is 5.60 Å². The second-order valence-electron chi connectivity index (χ2n) is 2.42. The van der Waals surface area contributed by atoms with Gasteiger partial charge in [0.15, 0.2) is 0 Å². The van der Waals surface area contributed by atoms with Crippen molar-refractivity contribution >= 4 is 17.9 Å². The van der Waals surface area contributed by atoms with Crippen molar-refractivity contribution in [3.63, 3.8) is 0 Å². The van der Waals surface area contributed by atoms with Crippen LogP contribution in [0.5, 0.6) is 0 Å². The van der Waals surface area contributed by atoms with E-state index in [9.17, 15) is 29.7 Å². The first-order valence-electron chi connectivity index (χ1n) is 3.11. The molecule has 84 valence electrons. The number of carbonyl (C=O) groups is 3. The van der Waals surface area contributed by atoms with Gasteiger partial charge in [0, 0.05) is 24.8 Å². The van der Waals surface area contributed by atoms with Gasteiger partial charge >= 0.3 is 21.7 Å². The second kappa shape index (κ2) is 7.35. The van der Waals surface area contributed by atoms with Crippen LogP contribution < -0.4 is 21.5 Å². The summed E-state index contributed by atoms with van der Waals surface area (Å²) < 4.78 is 0. The third-order valence-corrected chi connectivity index (χ3v) is 1.25. The van der Waals surface area contributed by atoms with Crippen LogP contribution in [-0.4, -0.2) is 28.6 Å². The number of aliphatic carboxylic acids is 3. The van der Waals surface area contributed by atoms with E-state index in [0.717, 1.165) is 0 Å². The summed E-state index contributed by atoms with van der Waals surface area (Å²) in [7, 11) is 0. The number of aliphatic hydroxyl groups is 1. The zero-order valence-electron chi connectivity index (χ0n) is 7.81. The van der Waals surface area contributed by atoms with Gasteiger partial charge in [0.25, 0.3) is 0 Å². The summed E-state index contributed by atoms with van der Waals surface area (Å²) in [5.74, 6) is -5.98. The van der Waals surface area contributed by atoms with Gasteiger partial charge in [-0.15, -0.1) is 0 Å². The van der Waals surface area contributed by atoms with Crippen molar-refractivity contribution in [1.29, 1.82) is 0 Å². The van der Waals surface area contributed by atoms with Crippen molar-refractivity contribution < 1.29 is 56.5 Å². The Morgan fingerprint density at radius 2 is 1.27 bits per heavy atom. The predicted molar refractivity (Wildman–Crippen MR) is 35.2 cm³/mol. The number of carboxylic acids is 3. The SMILES string of the molecule is O=C([O-])CC(O)(CC(=O)[O-])C(=O)[O-].[NH4+].[Ti+2]. The van der Waals surface area contributed by atoms with Crippen LogP contribution in [0.1, 0.15) is 12.8 Å². The Morgan fingerprint density at radius 1 is 1.00 bits per heavy atom. The van der Waals surface area contributed by atoms with Gasteiger partial charge in [-0.3, -0.25) is 0 Å². The molecule has 9 heteroatoms. The van der Waals surface area contributed by atoms with Gasteiger partial charge in [-0.1, -0.05) is 0 Å². The average Bonchev–Trinajstić information content (AvgIpc) is 1.82. The molecule has 0 aromatic carbocycles. The van der Waals surface area contributed by atoms with E-state index in [2.05, 4.69) is 0 Å². The molecule has 15 heavy (non-hydrogen) atoms. The number of hydrogen-bond donors (Lipinski definition) is 2. The molecule has 0 radical (unpaired) electrons. The summed E-state index contributed by atoms with van der Waals surface area (Å²) in [4.78, 5) is 30.0. The van der Waals surface area contributed by atoms with E-state index >= 15 is 0 Å². The molecule has 0 saturated heterocycles. The van der Waals surface area contributed by atoms with E-state index in [0.29, 0.717) is 0 Å². The van der Waals surface area contributed by atoms with Crippen molar-refractivity contribution in [2.24, 2.45) is 0 Å². The van der Waals surface area contributed by atoms with Crippen molar-refractivity contribution in [2.75, 3.05) is 0 Å². The van der Waals surface area contributed by atoms with E-state index < -0.39 is 36.4 Å². The second-order valence-corrected chi connectivity index (χ2v) is 2.42. The first-order chi connectivity index (χ1) is 5.78. The first kappa shape index (κ1) is 19.6. The Balaban J connectivity index is -0.000000720. The molecule has 0 aliphatic carbocycles. The summed E-state index contributed by atoms with van der Waals surface area (Å²) in [6, 6.07) is 0. The fraction of sp³-hybridized carbons (Fsp3) is 0.500. The normalized spacial score (nSPS) is 9.40. The largest absolute Gasteiger partial charge is 2.00 e. The minimum Gasteiger partial charge on any atom is -0.550 e. The van der Waals surface area contributed by atoms with Crippen LogP contribution in [-0.2, 0) is 36.1 Å². The summed E-state index contributed by atoms with van der Waals surface area (Å²) >= 11 is 0. The molecule has 0 aliphatic rings. The molecule has 0 saturated carbocycles. The molecule has 0 atom stereocenters. The molecule has 0 rings (SSSR count). The van der Waals surface area contributed by atoms with Crippen LogP contribution in [0.15, 0.2) is 0 Å². The van der Waals surface area contributed by atoms with Gasteiger partial charge in [-0.25, -0.2) is 0 Å². The van der Waals surface area contributed by atoms with Crippen molar-refractivity contribution in [3.8, 4) is 0 Å². The molecular formula is C6H9NO7Ti. The van der Waals surface area contributed by atoms with E-state index in [1.54, 1.807) is 0 Å². The van der Waals surface area contributed by atoms with Crippen LogP contribution in [0.25, 0.3) is 0 Å². The van der Waals surface area contributed by atoms with Crippen LogP contribution in [0, 0.1) is 0 Å². The Morgan fingerprint density at radius 3 is 1.40 bits per heavy atom. The molecule has 0 spiro atoms. The van der Waals surface area contributed by atoms with Crippen molar-refractivity contribution in [2.45, 2.75) is 18.4 Å². The number of carboxylic acid groups (broad SMARTS) is 3.